The summed E-state index contributed by atoms with van der Waals surface area (Å²) in [5.74, 6) is -2.65. The van der Waals surface area contributed by atoms with E-state index in [1.165, 1.54) is 36.4 Å². The van der Waals surface area contributed by atoms with Crippen LogP contribution in [0, 0.1) is 23.0 Å². The smallest absolute Gasteiger partial charge is 0.316 e. The molecule has 0 spiro atoms. The first-order valence-corrected chi connectivity index (χ1v) is 11.1. The van der Waals surface area contributed by atoms with Crippen LogP contribution in [0.2, 0.25) is 0 Å². The van der Waals surface area contributed by atoms with E-state index in [0.29, 0.717) is 11.3 Å². The van der Waals surface area contributed by atoms with Gasteiger partial charge in [0.2, 0.25) is 5.91 Å². The topological polar surface area (TPSA) is 127 Å². The van der Waals surface area contributed by atoms with Gasteiger partial charge in [-0.2, -0.15) is 0 Å². The lowest BCUT2D eigenvalue weighted by Gasteiger charge is -2.18. The lowest BCUT2D eigenvalue weighted by Crippen LogP contribution is -2.30. The van der Waals surface area contributed by atoms with E-state index in [9.17, 15) is 29.3 Å². The van der Waals surface area contributed by atoms with Crippen molar-refractivity contribution in [3.8, 4) is 5.75 Å². The summed E-state index contributed by atoms with van der Waals surface area (Å²) in [5.41, 5.74) is 0.646. The van der Waals surface area contributed by atoms with E-state index in [4.69, 9.17) is 4.74 Å². The largest absolute Gasteiger partial charge is 0.426 e. The van der Waals surface area contributed by atoms with Gasteiger partial charge in [0, 0.05) is 24.7 Å². The van der Waals surface area contributed by atoms with Crippen molar-refractivity contribution in [2.45, 2.75) is 13.3 Å². The number of para-hydroxylation sites is 1. The van der Waals surface area contributed by atoms with E-state index < -0.39 is 34.3 Å². The standard InChI is InChI=1S/C26H19N3O7/c1-15-12-18(36-26(33)16-13-22(30)27(14-16)17-6-3-2-4-7-17)10-11-20(15)28-24(31)19-8-5-9-21(29(34)35)23(19)25(28)32/h2-12,16H,13-14H2,1H3/t16-/m1/s1. The van der Waals surface area contributed by atoms with Crippen LogP contribution in [0.4, 0.5) is 17.1 Å². The van der Waals surface area contributed by atoms with Gasteiger partial charge in [0.15, 0.2) is 0 Å². The number of esters is 1. The van der Waals surface area contributed by atoms with Gasteiger partial charge in [-0.05, 0) is 48.9 Å². The first-order valence-electron chi connectivity index (χ1n) is 11.1. The molecule has 0 aromatic heterocycles. The number of benzene rings is 3. The fourth-order valence-corrected chi connectivity index (χ4v) is 4.50. The Morgan fingerprint density at radius 2 is 1.75 bits per heavy atom. The van der Waals surface area contributed by atoms with Gasteiger partial charge < -0.3 is 9.64 Å². The Bertz CT molecular complexity index is 1450. The molecule has 2 aliphatic rings. The van der Waals surface area contributed by atoms with E-state index in [1.54, 1.807) is 24.0 Å². The third-order valence-electron chi connectivity index (χ3n) is 6.24. The van der Waals surface area contributed by atoms with Crippen molar-refractivity contribution >= 4 is 40.8 Å². The van der Waals surface area contributed by atoms with Gasteiger partial charge in [0.25, 0.3) is 17.5 Å². The van der Waals surface area contributed by atoms with Gasteiger partial charge in [-0.15, -0.1) is 0 Å². The maximum atomic E-state index is 13.0. The summed E-state index contributed by atoms with van der Waals surface area (Å²) in [5, 5.41) is 11.4. The molecule has 1 fully saturated rings. The van der Waals surface area contributed by atoms with Crippen LogP contribution >= 0.6 is 0 Å². The zero-order valence-electron chi connectivity index (χ0n) is 19.0. The molecular formula is C26H19N3O7. The quantitative estimate of drug-likeness (QED) is 0.177. The van der Waals surface area contributed by atoms with E-state index in [-0.39, 0.29) is 41.4 Å². The van der Waals surface area contributed by atoms with Gasteiger partial charge in [-0.3, -0.25) is 29.3 Å². The van der Waals surface area contributed by atoms with Gasteiger partial charge in [-0.25, -0.2) is 4.90 Å². The number of nitro groups is 1. The number of hydrogen-bond acceptors (Lipinski definition) is 7. The second kappa shape index (κ2) is 8.73. The Balaban J connectivity index is 1.33. The minimum atomic E-state index is -0.791. The number of aryl methyl sites for hydroxylation is 1. The molecule has 5 rings (SSSR count). The van der Waals surface area contributed by atoms with Crippen molar-refractivity contribution in [3.63, 3.8) is 0 Å². The maximum absolute atomic E-state index is 13.0. The van der Waals surface area contributed by atoms with Crippen LogP contribution in [0.25, 0.3) is 0 Å². The highest BCUT2D eigenvalue weighted by atomic mass is 16.6. The highest BCUT2D eigenvalue weighted by Crippen LogP contribution is 2.36. The number of imide groups is 1. The summed E-state index contributed by atoms with van der Waals surface area (Å²) in [6.45, 7) is 1.83. The minimum Gasteiger partial charge on any atom is -0.426 e. The fourth-order valence-electron chi connectivity index (χ4n) is 4.50. The van der Waals surface area contributed by atoms with E-state index in [2.05, 4.69) is 0 Å². The van der Waals surface area contributed by atoms with Crippen molar-refractivity contribution < 1.29 is 28.8 Å². The normalized spacial score (nSPS) is 16.9. The van der Waals surface area contributed by atoms with Crippen LogP contribution in [0.1, 0.15) is 32.7 Å². The zero-order valence-corrected chi connectivity index (χ0v) is 19.0. The molecule has 0 unspecified atom stereocenters. The summed E-state index contributed by atoms with van der Waals surface area (Å²) < 4.78 is 5.50. The van der Waals surface area contributed by atoms with Crippen molar-refractivity contribution in [2.24, 2.45) is 5.92 Å². The molecule has 1 saturated heterocycles. The Kier molecular flexibility index (Phi) is 5.56. The van der Waals surface area contributed by atoms with Crippen molar-refractivity contribution in [1.29, 1.82) is 0 Å². The third kappa shape index (κ3) is 3.78. The minimum absolute atomic E-state index is 0.0264. The van der Waals surface area contributed by atoms with Gasteiger partial charge >= 0.3 is 5.97 Å². The second-order valence-corrected chi connectivity index (χ2v) is 8.51. The molecule has 36 heavy (non-hydrogen) atoms. The zero-order chi connectivity index (χ0) is 25.6. The highest BCUT2D eigenvalue weighted by molar-refractivity contribution is 6.35. The molecule has 0 bridgehead atoms. The summed E-state index contributed by atoms with van der Waals surface area (Å²) in [4.78, 5) is 64.1. The Morgan fingerprint density at radius 1 is 1.00 bits per heavy atom. The molecule has 1 atom stereocenters. The van der Waals surface area contributed by atoms with Crippen LogP contribution < -0.4 is 14.5 Å². The number of rotatable bonds is 5. The van der Waals surface area contributed by atoms with Gasteiger partial charge in [0.1, 0.15) is 11.3 Å². The molecule has 0 saturated carbocycles. The number of carbonyl (C=O) groups is 4. The molecular weight excluding hydrogens is 466 g/mol. The average Bonchev–Trinajstić information content (AvgIpc) is 3.37. The number of carbonyl (C=O) groups excluding carboxylic acids is 4. The summed E-state index contributed by atoms with van der Waals surface area (Å²) in [7, 11) is 0. The lowest BCUT2D eigenvalue weighted by atomic mass is 10.1. The molecule has 0 N–H and O–H groups in total. The summed E-state index contributed by atoms with van der Waals surface area (Å²) >= 11 is 0. The average molecular weight is 485 g/mol. The molecule has 10 nitrogen and oxygen atoms in total. The Labute approximate surface area is 204 Å². The number of nitro benzene ring substituents is 1. The Hall–Kier alpha value is -4.86. The number of fused-ring (bicyclic) bond motifs is 1. The van der Waals surface area contributed by atoms with Crippen LogP contribution in [-0.4, -0.2) is 35.2 Å². The number of anilines is 2. The van der Waals surface area contributed by atoms with Crippen molar-refractivity contribution in [3.05, 3.63) is 93.5 Å². The molecule has 2 heterocycles. The second-order valence-electron chi connectivity index (χ2n) is 8.51. The van der Waals surface area contributed by atoms with E-state index in [1.807, 2.05) is 18.2 Å². The molecule has 2 aliphatic heterocycles. The first kappa shape index (κ1) is 22.9. The molecule has 0 aliphatic carbocycles. The predicted molar refractivity (Wildman–Crippen MR) is 128 cm³/mol. The SMILES string of the molecule is Cc1cc(OC(=O)[C@@H]2CC(=O)N(c3ccccc3)C2)ccc1N1C(=O)c2cccc([N+](=O)[O-])c2C1=O. The number of nitrogens with zero attached hydrogens (tertiary/aromatic N) is 3. The molecule has 10 heteroatoms. The molecule has 0 radical (unpaired) electrons. The monoisotopic (exact) mass is 485 g/mol. The van der Waals surface area contributed by atoms with E-state index >= 15 is 0 Å². The maximum Gasteiger partial charge on any atom is 0.316 e. The molecule has 3 amide bonds. The van der Waals surface area contributed by atoms with Crippen LogP contribution in [0.3, 0.4) is 0 Å². The third-order valence-corrected chi connectivity index (χ3v) is 6.24. The number of ether oxygens (including phenoxy) is 1. The molecule has 3 aromatic rings. The summed E-state index contributed by atoms with van der Waals surface area (Å²) in [6, 6.07) is 17.3. The first-order chi connectivity index (χ1) is 17.3. The van der Waals surface area contributed by atoms with Gasteiger partial charge in [-0.1, -0.05) is 24.3 Å². The van der Waals surface area contributed by atoms with Crippen LogP contribution in [0.15, 0.2) is 66.7 Å². The predicted octanol–water partition coefficient (Wildman–Crippen LogP) is 3.66. The van der Waals surface area contributed by atoms with Crippen LogP contribution in [0.5, 0.6) is 5.75 Å². The molecule has 3 aromatic carbocycles. The van der Waals surface area contributed by atoms with Crippen molar-refractivity contribution in [2.75, 3.05) is 16.3 Å². The Morgan fingerprint density at radius 3 is 2.44 bits per heavy atom. The van der Waals surface area contributed by atoms with Crippen molar-refractivity contribution in [1.82, 2.24) is 0 Å². The fraction of sp³-hybridized carbons (Fsp3) is 0.154. The molecule has 180 valence electrons. The van der Waals surface area contributed by atoms with Crippen LogP contribution in [-0.2, 0) is 9.59 Å². The number of amides is 3. The lowest BCUT2D eigenvalue weighted by molar-refractivity contribution is -0.385. The number of hydrogen-bond donors (Lipinski definition) is 0. The highest BCUT2D eigenvalue weighted by Gasteiger charge is 2.42. The van der Waals surface area contributed by atoms with E-state index in [0.717, 1.165) is 4.90 Å². The van der Waals surface area contributed by atoms with Gasteiger partial charge in [0.05, 0.1) is 22.1 Å². The summed E-state index contributed by atoms with van der Waals surface area (Å²) in [6.07, 6.45) is 0.0264.